The zero-order valence-corrected chi connectivity index (χ0v) is 24.1. The Labute approximate surface area is 227 Å². The van der Waals surface area contributed by atoms with Gasteiger partial charge < -0.3 is 4.79 Å². The van der Waals surface area contributed by atoms with E-state index in [0.29, 0.717) is 27.8 Å². The van der Waals surface area contributed by atoms with E-state index >= 15 is 0 Å². The Morgan fingerprint density at radius 1 is 1.17 bits per heavy atom. The maximum Gasteiger partial charge on any atom is 0.124 e. The van der Waals surface area contributed by atoms with Crippen LogP contribution in [0.15, 0.2) is 68.9 Å². The number of likely N-dealkylation sites (N-methyl/N-ethyl adjacent to an activating group) is 1. The molecule has 0 saturated heterocycles. The predicted octanol–water partition coefficient (Wildman–Crippen LogP) is 8.20. The predicted molar refractivity (Wildman–Crippen MR) is 154 cm³/mol. The smallest absolute Gasteiger partial charge is 0.124 e. The van der Waals surface area contributed by atoms with Crippen molar-refractivity contribution in [2.75, 3.05) is 13.6 Å². The number of aldehydes is 1. The van der Waals surface area contributed by atoms with Crippen LogP contribution in [0.5, 0.6) is 0 Å². The second-order valence-corrected chi connectivity index (χ2v) is 12.3. The molecule has 3 rings (SSSR count). The van der Waals surface area contributed by atoms with Crippen molar-refractivity contribution in [1.29, 1.82) is 0 Å². The first-order chi connectivity index (χ1) is 16.9. The Hall–Kier alpha value is -1.90. The van der Waals surface area contributed by atoms with Crippen molar-refractivity contribution in [3.8, 4) is 0 Å². The molecule has 0 bridgehead atoms. The number of nitrogens with zero attached hydrogens (tertiary/aromatic N) is 2. The van der Waals surface area contributed by atoms with Gasteiger partial charge in [-0.2, -0.15) is 0 Å². The Balaban J connectivity index is 1.89. The second kappa shape index (κ2) is 12.1. The van der Waals surface area contributed by atoms with Crippen LogP contribution in [0.3, 0.4) is 0 Å². The molecule has 1 saturated carbocycles. The van der Waals surface area contributed by atoms with E-state index in [2.05, 4.69) is 69.6 Å². The summed E-state index contributed by atoms with van der Waals surface area (Å²) in [4.78, 5) is 18.5. The number of hydrogen-bond donors (Lipinski definition) is 0. The minimum atomic E-state index is -0.0394. The quantitative estimate of drug-likeness (QED) is 0.194. The zero-order valence-electron chi connectivity index (χ0n) is 22.6. The summed E-state index contributed by atoms with van der Waals surface area (Å²) in [5.41, 5.74) is 7.61. The second-order valence-electron chi connectivity index (χ2n) is 11.4. The monoisotopic (exact) mass is 526 g/mol. The molecule has 3 nitrogen and oxygen atoms in total. The summed E-state index contributed by atoms with van der Waals surface area (Å²) >= 11 is 12.5. The molecule has 1 atom stereocenters. The fourth-order valence-electron chi connectivity index (χ4n) is 5.41. The highest BCUT2D eigenvalue weighted by Crippen LogP contribution is 2.45. The summed E-state index contributed by atoms with van der Waals surface area (Å²) in [5, 5.41) is 1.14. The van der Waals surface area contributed by atoms with Crippen LogP contribution in [-0.2, 0) is 11.2 Å². The minimum Gasteiger partial charge on any atom is -0.303 e. The van der Waals surface area contributed by atoms with Crippen LogP contribution in [0.4, 0.5) is 0 Å². The lowest BCUT2D eigenvalue weighted by Gasteiger charge is -2.50. The normalized spacial score (nSPS) is 24.1. The number of carbonyl (C=O) groups is 1. The molecule has 0 amide bonds. The van der Waals surface area contributed by atoms with Gasteiger partial charge in [0.05, 0.1) is 6.54 Å². The average Bonchev–Trinajstić information content (AvgIpc) is 3.01. The van der Waals surface area contributed by atoms with Gasteiger partial charge in [-0.05, 0) is 87.3 Å². The fraction of sp³-hybridized carbons (Fsp3) is 0.516. The molecule has 5 heteroatoms. The van der Waals surface area contributed by atoms with Crippen LogP contribution in [0.1, 0.15) is 77.5 Å². The molecule has 0 heterocycles. The first-order valence-electron chi connectivity index (χ1n) is 12.9. The Morgan fingerprint density at radius 3 is 2.39 bits per heavy atom. The van der Waals surface area contributed by atoms with Crippen molar-refractivity contribution in [1.82, 2.24) is 4.90 Å². The lowest BCUT2D eigenvalue weighted by Crippen LogP contribution is -2.53. The molecular weight excluding hydrogens is 487 g/mol. The van der Waals surface area contributed by atoms with E-state index in [-0.39, 0.29) is 11.6 Å². The summed E-state index contributed by atoms with van der Waals surface area (Å²) < 4.78 is 0. The summed E-state index contributed by atoms with van der Waals surface area (Å²) in [6, 6.07) is 8.69. The van der Waals surface area contributed by atoms with Gasteiger partial charge >= 0.3 is 0 Å². The van der Waals surface area contributed by atoms with Crippen LogP contribution < -0.4 is 0 Å². The van der Waals surface area contributed by atoms with E-state index in [0.717, 1.165) is 42.5 Å². The fourth-order valence-corrected chi connectivity index (χ4v) is 5.86. The molecule has 36 heavy (non-hydrogen) atoms. The van der Waals surface area contributed by atoms with Crippen LogP contribution in [0, 0.1) is 11.3 Å². The van der Waals surface area contributed by atoms with Gasteiger partial charge in [0, 0.05) is 39.4 Å². The van der Waals surface area contributed by atoms with E-state index in [1.807, 2.05) is 13.0 Å². The highest BCUT2D eigenvalue weighted by Gasteiger charge is 2.43. The molecule has 0 aromatic heterocycles. The minimum absolute atomic E-state index is 0.0394. The van der Waals surface area contributed by atoms with E-state index < -0.39 is 0 Å². The van der Waals surface area contributed by atoms with Crippen molar-refractivity contribution >= 4 is 35.2 Å². The molecule has 0 N–H and O–H groups in total. The number of allylic oxidation sites excluding steroid dienone is 5. The van der Waals surface area contributed by atoms with E-state index in [1.54, 1.807) is 12.2 Å². The summed E-state index contributed by atoms with van der Waals surface area (Å²) in [6.07, 6.45) is 11.4. The zero-order chi connectivity index (χ0) is 26.5. The van der Waals surface area contributed by atoms with Crippen LogP contribution in [0.2, 0.25) is 0 Å². The molecule has 1 aromatic carbocycles. The molecule has 1 aromatic rings. The van der Waals surface area contributed by atoms with Crippen molar-refractivity contribution < 1.29 is 4.79 Å². The largest absolute Gasteiger partial charge is 0.303 e. The van der Waals surface area contributed by atoms with Gasteiger partial charge in [0.15, 0.2) is 0 Å². The molecule has 2 aliphatic carbocycles. The average molecular weight is 528 g/mol. The third kappa shape index (κ3) is 7.11. The molecule has 1 unspecified atom stereocenters. The van der Waals surface area contributed by atoms with Crippen molar-refractivity contribution in [3.05, 3.63) is 75.0 Å². The number of halogens is 2. The molecule has 2 aliphatic rings. The van der Waals surface area contributed by atoms with Crippen LogP contribution >= 0.6 is 23.2 Å². The van der Waals surface area contributed by atoms with Gasteiger partial charge in [-0.1, -0.05) is 68.2 Å². The molecule has 194 valence electrons. The topological polar surface area (TPSA) is 32.7 Å². The number of benzene rings is 1. The third-order valence-electron chi connectivity index (χ3n) is 8.18. The summed E-state index contributed by atoms with van der Waals surface area (Å²) in [6.45, 7) is 12.1. The van der Waals surface area contributed by atoms with Crippen molar-refractivity contribution in [2.24, 2.45) is 16.3 Å². The van der Waals surface area contributed by atoms with Crippen LogP contribution in [-0.4, -0.2) is 36.0 Å². The van der Waals surface area contributed by atoms with E-state index in [1.165, 1.54) is 18.4 Å². The van der Waals surface area contributed by atoms with Crippen LogP contribution in [0.25, 0.3) is 0 Å². The molecule has 1 fully saturated rings. The first kappa shape index (κ1) is 28.7. The van der Waals surface area contributed by atoms with Gasteiger partial charge in [-0.3, -0.25) is 9.89 Å². The molecule has 0 radical (unpaired) electrons. The van der Waals surface area contributed by atoms with E-state index in [9.17, 15) is 4.79 Å². The standard InChI is InChI=1S/C31H40Cl2N2O/c1-22(26-11-12-28(32)20-29(33)19-26)34-21-31(16-13-27(14-17-31)30(3,4)5)35(6)23(2)25-9-7-24(8-10-25)15-18-36/h7-10,12,18-20,23,27H,13-17,21H2,1-6H3. The van der Waals surface area contributed by atoms with Crippen molar-refractivity contribution in [3.63, 3.8) is 0 Å². The maximum absolute atomic E-state index is 10.9. The Kier molecular flexibility index (Phi) is 9.63. The Bertz CT molecular complexity index is 1090. The first-order valence-corrected chi connectivity index (χ1v) is 13.7. The van der Waals surface area contributed by atoms with Gasteiger partial charge in [-0.25, -0.2) is 0 Å². The number of aliphatic imine (C=N–C) groups is 1. The Morgan fingerprint density at radius 2 is 1.81 bits per heavy atom. The highest BCUT2D eigenvalue weighted by molar-refractivity contribution is 6.36. The molecular formula is C31H40Cl2N2O. The van der Waals surface area contributed by atoms with Gasteiger partial charge in [0.25, 0.3) is 0 Å². The SMILES string of the molecule is CC(=NCC1(N(C)C(C)c2ccc(CC=O)cc2)CCC(C(C)(C)C)CC1)C1=C=CC(Cl)=CC(Cl)=C1. The molecule has 0 aliphatic heterocycles. The summed E-state index contributed by atoms with van der Waals surface area (Å²) in [5.74, 6) is 0.712. The number of carbonyl (C=O) groups excluding carboxylic acids is 1. The molecule has 0 spiro atoms. The van der Waals surface area contributed by atoms with Crippen molar-refractivity contribution in [2.45, 2.75) is 78.3 Å². The highest BCUT2D eigenvalue weighted by atomic mass is 35.5. The summed E-state index contributed by atoms with van der Waals surface area (Å²) in [7, 11) is 2.25. The maximum atomic E-state index is 10.9. The lowest BCUT2D eigenvalue weighted by molar-refractivity contribution is -0.107. The lowest BCUT2D eigenvalue weighted by atomic mass is 9.66. The van der Waals surface area contributed by atoms with Gasteiger partial charge in [0.1, 0.15) is 6.29 Å². The van der Waals surface area contributed by atoms with Gasteiger partial charge in [0.2, 0.25) is 0 Å². The number of rotatable bonds is 8. The number of hydrogen-bond acceptors (Lipinski definition) is 3. The third-order valence-corrected chi connectivity index (χ3v) is 8.61. The van der Waals surface area contributed by atoms with E-state index in [4.69, 9.17) is 28.2 Å². The van der Waals surface area contributed by atoms with Gasteiger partial charge in [-0.15, -0.1) is 5.73 Å².